The molecular formula is C26H23N3O4. The number of ether oxygens (including phenoxy) is 3. The van der Waals surface area contributed by atoms with Gasteiger partial charge < -0.3 is 18.8 Å². The van der Waals surface area contributed by atoms with Crippen LogP contribution in [0.3, 0.4) is 0 Å². The summed E-state index contributed by atoms with van der Waals surface area (Å²) in [6.45, 7) is 5.09. The van der Waals surface area contributed by atoms with Gasteiger partial charge in [0.2, 0.25) is 0 Å². The lowest BCUT2D eigenvalue weighted by Crippen LogP contribution is -2.30. The van der Waals surface area contributed by atoms with Crippen LogP contribution in [-0.2, 0) is 13.0 Å². The third kappa shape index (κ3) is 3.68. The molecule has 166 valence electrons. The molecule has 0 radical (unpaired) electrons. The van der Waals surface area contributed by atoms with E-state index in [-0.39, 0.29) is 11.1 Å². The number of nitrogens with zero attached hydrogens (tertiary/aromatic N) is 3. The molecule has 4 rings (SSSR count). The zero-order valence-corrected chi connectivity index (χ0v) is 18.8. The van der Waals surface area contributed by atoms with Crippen molar-refractivity contribution in [3.8, 4) is 51.8 Å². The van der Waals surface area contributed by atoms with Crippen molar-refractivity contribution in [2.45, 2.75) is 26.8 Å². The van der Waals surface area contributed by atoms with E-state index >= 15 is 0 Å². The number of methoxy groups -OCH3 is 1. The number of fused-ring (bicyclic) bond motifs is 3. The van der Waals surface area contributed by atoms with Crippen LogP contribution in [0.2, 0.25) is 0 Å². The van der Waals surface area contributed by atoms with E-state index in [0.29, 0.717) is 60.2 Å². The van der Waals surface area contributed by atoms with Crippen LogP contribution in [0.1, 0.15) is 30.5 Å². The van der Waals surface area contributed by atoms with Crippen LogP contribution in [0.5, 0.6) is 17.2 Å². The predicted molar refractivity (Wildman–Crippen MR) is 124 cm³/mol. The zero-order valence-electron chi connectivity index (χ0n) is 18.8. The highest BCUT2D eigenvalue weighted by molar-refractivity contribution is 5.86. The molecule has 0 bridgehead atoms. The number of hydrogen-bond donors (Lipinski definition) is 0. The summed E-state index contributed by atoms with van der Waals surface area (Å²) in [5.74, 6) is 1.83. The lowest BCUT2D eigenvalue weighted by atomic mass is 9.88. The highest BCUT2D eigenvalue weighted by Crippen LogP contribution is 2.42. The number of aryl methyl sites for hydroxylation is 1. The molecule has 2 heterocycles. The molecule has 0 saturated carbocycles. The Morgan fingerprint density at radius 2 is 1.61 bits per heavy atom. The zero-order chi connectivity index (χ0) is 23.5. The summed E-state index contributed by atoms with van der Waals surface area (Å²) >= 11 is 0. The molecule has 2 aromatic carbocycles. The average Bonchev–Trinajstić information content (AvgIpc) is 2.84. The molecule has 3 aromatic rings. The topological polar surface area (TPSA) is 97.3 Å². The van der Waals surface area contributed by atoms with Gasteiger partial charge >= 0.3 is 0 Å². The van der Waals surface area contributed by atoms with Crippen molar-refractivity contribution in [3.63, 3.8) is 0 Å². The van der Waals surface area contributed by atoms with Crippen LogP contribution in [0, 0.1) is 22.7 Å². The highest BCUT2D eigenvalue weighted by atomic mass is 16.5. The van der Waals surface area contributed by atoms with Gasteiger partial charge in [-0.3, -0.25) is 4.79 Å². The Hall–Kier alpha value is -4.23. The molecule has 1 aliphatic heterocycles. The van der Waals surface area contributed by atoms with Crippen molar-refractivity contribution < 1.29 is 14.2 Å². The molecule has 7 nitrogen and oxygen atoms in total. The van der Waals surface area contributed by atoms with Gasteiger partial charge in [0.25, 0.3) is 5.56 Å². The molecular weight excluding hydrogens is 418 g/mol. The molecule has 0 N–H and O–H groups in total. The largest absolute Gasteiger partial charge is 0.497 e. The average molecular weight is 441 g/mol. The van der Waals surface area contributed by atoms with Crippen LogP contribution >= 0.6 is 0 Å². The number of pyridine rings is 1. The molecule has 0 saturated heterocycles. The smallest absolute Gasteiger partial charge is 0.269 e. The standard InChI is InChI=1S/C26H23N3O4/c1-4-32-22-12-17-10-11-29-25(19(17)13-23(22)33-5-2)20(14-27)24(21(15-28)26(29)30)16-6-8-18(31-3)9-7-16/h6-9,12-13H,4-5,10-11H2,1-3H3. The minimum atomic E-state index is -0.408. The maximum Gasteiger partial charge on any atom is 0.269 e. The minimum absolute atomic E-state index is 0.0418. The van der Waals surface area contributed by atoms with Crippen molar-refractivity contribution in [2.75, 3.05) is 20.3 Å². The van der Waals surface area contributed by atoms with Crippen LogP contribution in [-0.4, -0.2) is 24.9 Å². The van der Waals surface area contributed by atoms with E-state index in [0.717, 1.165) is 11.1 Å². The van der Waals surface area contributed by atoms with E-state index in [4.69, 9.17) is 14.2 Å². The Labute approximate surface area is 192 Å². The van der Waals surface area contributed by atoms with Crippen LogP contribution in [0.4, 0.5) is 0 Å². The molecule has 33 heavy (non-hydrogen) atoms. The van der Waals surface area contributed by atoms with Gasteiger partial charge in [-0.05, 0) is 55.7 Å². The van der Waals surface area contributed by atoms with E-state index in [2.05, 4.69) is 6.07 Å². The second-order valence-corrected chi connectivity index (χ2v) is 7.45. The first-order valence-electron chi connectivity index (χ1n) is 10.8. The van der Waals surface area contributed by atoms with Crippen molar-refractivity contribution in [2.24, 2.45) is 0 Å². The molecule has 0 fully saturated rings. The van der Waals surface area contributed by atoms with Crippen molar-refractivity contribution >= 4 is 0 Å². The quantitative estimate of drug-likeness (QED) is 0.566. The van der Waals surface area contributed by atoms with Gasteiger partial charge in [-0.25, -0.2) is 0 Å². The van der Waals surface area contributed by atoms with Crippen molar-refractivity contribution in [1.82, 2.24) is 4.57 Å². The number of nitriles is 2. The summed E-state index contributed by atoms with van der Waals surface area (Å²) in [4.78, 5) is 13.4. The predicted octanol–water partition coefficient (Wildman–Crippen LogP) is 4.29. The normalized spacial score (nSPS) is 11.5. The second-order valence-electron chi connectivity index (χ2n) is 7.45. The number of hydrogen-bond acceptors (Lipinski definition) is 6. The fraction of sp³-hybridized carbons (Fsp3) is 0.269. The maximum atomic E-state index is 13.4. The molecule has 0 unspecified atom stereocenters. The fourth-order valence-electron chi connectivity index (χ4n) is 4.27. The van der Waals surface area contributed by atoms with E-state index in [9.17, 15) is 15.3 Å². The lowest BCUT2D eigenvalue weighted by molar-refractivity contribution is 0.287. The van der Waals surface area contributed by atoms with Crippen molar-refractivity contribution in [3.05, 3.63) is 63.4 Å². The summed E-state index contributed by atoms with van der Waals surface area (Å²) in [6.07, 6.45) is 0.576. The SMILES string of the molecule is CCOc1cc2c(cc1OCC)-c1c(C#N)c(-c3ccc(OC)cc3)c(C#N)c(=O)n1CC2. The second kappa shape index (κ2) is 9.10. The monoisotopic (exact) mass is 441 g/mol. The van der Waals surface area contributed by atoms with Gasteiger partial charge in [0.05, 0.1) is 31.6 Å². The molecule has 0 amide bonds. The first-order valence-corrected chi connectivity index (χ1v) is 10.8. The minimum Gasteiger partial charge on any atom is -0.497 e. The number of aromatic nitrogens is 1. The summed E-state index contributed by atoms with van der Waals surface area (Å²) in [6, 6.07) is 15.0. The van der Waals surface area contributed by atoms with Crippen LogP contribution in [0.25, 0.3) is 22.4 Å². The van der Waals surface area contributed by atoms with Gasteiger partial charge in [-0.2, -0.15) is 10.5 Å². The van der Waals surface area contributed by atoms with Gasteiger partial charge in [0.1, 0.15) is 23.5 Å². The summed E-state index contributed by atoms with van der Waals surface area (Å²) in [5.41, 5.74) is 2.96. The molecule has 0 atom stereocenters. The van der Waals surface area contributed by atoms with Gasteiger partial charge in [0, 0.05) is 17.7 Å². The maximum absolute atomic E-state index is 13.4. The van der Waals surface area contributed by atoms with E-state index in [1.165, 1.54) is 4.57 Å². The lowest BCUT2D eigenvalue weighted by Gasteiger charge is -2.26. The Morgan fingerprint density at radius 1 is 0.970 bits per heavy atom. The number of benzene rings is 2. The number of rotatable bonds is 6. The third-order valence-electron chi connectivity index (χ3n) is 5.70. The Morgan fingerprint density at radius 3 is 2.18 bits per heavy atom. The summed E-state index contributed by atoms with van der Waals surface area (Å²) in [5, 5.41) is 20.1. The summed E-state index contributed by atoms with van der Waals surface area (Å²) in [7, 11) is 1.56. The highest BCUT2D eigenvalue weighted by Gasteiger charge is 2.29. The van der Waals surface area contributed by atoms with E-state index in [1.807, 2.05) is 32.0 Å². The Balaban J connectivity index is 2.06. The van der Waals surface area contributed by atoms with Gasteiger partial charge in [-0.15, -0.1) is 0 Å². The van der Waals surface area contributed by atoms with E-state index in [1.54, 1.807) is 31.4 Å². The third-order valence-corrected chi connectivity index (χ3v) is 5.70. The molecule has 1 aliphatic rings. The van der Waals surface area contributed by atoms with Crippen LogP contribution in [0.15, 0.2) is 41.2 Å². The van der Waals surface area contributed by atoms with E-state index < -0.39 is 5.56 Å². The molecule has 0 aliphatic carbocycles. The van der Waals surface area contributed by atoms with Gasteiger partial charge in [-0.1, -0.05) is 12.1 Å². The Bertz CT molecular complexity index is 1360. The first kappa shape index (κ1) is 22.0. The van der Waals surface area contributed by atoms with Crippen LogP contribution < -0.4 is 19.8 Å². The molecule has 1 aromatic heterocycles. The summed E-state index contributed by atoms with van der Waals surface area (Å²) < 4.78 is 18.3. The molecule has 0 spiro atoms. The van der Waals surface area contributed by atoms with Gasteiger partial charge in [0.15, 0.2) is 11.5 Å². The van der Waals surface area contributed by atoms with Crippen molar-refractivity contribution in [1.29, 1.82) is 10.5 Å². The Kier molecular flexibility index (Phi) is 6.06. The fourth-order valence-corrected chi connectivity index (χ4v) is 4.27. The molecule has 7 heteroatoms. The first-order chi connectivity index (χ1) is 16.1.